The first-order valence-corrected chi connectivity index (χ1v) is 8.15. The van der Waals surface area contributed by atoms with E-state index in [1.807, 2.05) is 43.3 Å². The van der Waals surface area contributed by atoms with Crippen molar-refractivity contribution in [2.24, 2.45) is 0 Å². The van der Waals surface area contributed by atoms with Crippen molar-refractivity contribution in [2.45, 2.75) is 19.8 Å². The van der Waals surface area contributed by atoms with Crippen LogP contribution in [-0.4, -0.2) is 26.1 Å². The van der Waals surface area contributed by atoms with Crippen LogP contribution in [0, 0.1) is 6.92 Å². The number of hydrogen-bond donors (Lipinski definition) is 2. The quantitative estimate of drug-likeness (QED) is 0.848. The van der Waals surface area contributed by atoms with Gasteiger partial charge < -0.3 is 20.7 Å². The smallest absolute Gasteiger partial charge is 0.243 e. The number of aryl methyl sites for hydroxylation is 1. The Morgan fingerprint density at radius 2 is 2.17 bits per heavy atom. The Morgan fingerprint density at radius 3 is 2.96 bits per heavy atom. The fraction of sp³-hybridized carbons (Fsp3) is 0.316. The van der Waals surface area contributed by atoms with Gasteiger partial charge in [0.15, 0.2) is 0 Å². The van der Waals surface area contributed by atoms with Crippen molar-refractivity contribution in [3.63, 3.8) is 0 Å². The first kappa shape index (κ1) is 16.2. The molecule has 0 aliphatic carbocycles. The van der Waals surface area contributed by atoms with Gasteiger partial charge in [0.1, 0.15) is 5.75 Å². The summed E-state index contributed by atoms with van der Waals surface area (Å²) in [6.07, 6.45) is 1.97. The normalized spacial score (nSPS) is 13.3. The molecule has 0 aromatic heterocycles. The Labute approximate surface area is 142 Å². The standard InChI is InChI=1S/C19H23N3O2/c1-13-8-9-18(24-2)16(11-13)21-19(23)12-22-10-4-5-14-15(20)6-3-7-17(14)22/h3,6-9,11H,4-5,10,12,20H2,1-2H3,(H,21,23). The topological polar surface area (TPSA) is 67.6 Å². The van der Waals surface area contributed by atoms with Crippen LogP contribution in [0.4, 0.5) is 17.1 Å². The molecule has 1 heterocycles. The van der Waals surface area contributed by atoms with Gasteiger partial charge in [0.05, 0.1) is 19.3 Å². The molecule has 0 unspecified atom stereocenters. The molecule has 5 heteroatoms. The second-order valence-electron chi connectivity index (χ2n) is 6.12. The highest BCUT2D eigenvalue weighted by Crippen LogP contribution is 2.31. The zero-order valence-electron chi connectivity index (χ0n) is 14.1. The van der Waals surface area contributed by atoms with Gasteiger partial charge >= 0.3 is 0 Å². The van der Waals surface area contributed by atoms with Crippen LogP contribution in [0.3, 0.4) is 0 Å². The lowest BCUT2D eigenvalue weighted by Gasteiger charge is -2.31. The van der Waals surface area contributed by atoms with Gasteiger partial charge in [-0.2, -0.15) is 0 Å². The number of benzene rings is 2. The Balaban J connectivity index is 1.75. The van der Waals surface area contributed by atoms with E-state index >= 15 is 0 Å². The van der Waals surface area contributed by atoms with E-state index in [0.29, 0.717) is 18.0 Å². The number of nitrogens with one attached hydrogen (secondary N) is 1. The molecular weight excluding hydrogens is 302 g/mol. The largest absolute Gasteiger partial charge is 0.495 e. The number of rotatable bonds is 4. The van der Waals surface area contributed by atoms with Crippen molar-refractivity contribution in [1.82, 2.24) is 0 Å². The maximum Gasteiger partial charge on any atom is 0.243 e. The van der Waals surface area contributed by atoms with Crippen molar-refractivity contribution in [1.29, 1.82) is 0 Å². The van der Waals surface area contributed by atoms with Gasteiger partial charge in [-0.1, -0.05) is 12.1 Å². The maximum atomic E-state index is 12.5. The summed E-state index contributed by atoms with van der Waals surface area (Å²) < 4.78 is 5.32. The Hall–Kier alpha value is -2.69. The molecule has 1 aliphatic rings. The van der Waals surface area contributed by atoms with E-state index in [0.717, 1.165) is 41.9 Å². The molecule has 2 aromatic rings. The predicted octanol–water partition coefficient (Wildman–Crippen LogP) is 2.98. The molecule has 1 aliphatic heterocycles. The first-order chi connectivity index (χ1) is 11.6. The van der Waals surface area contributed by atoms with Gasteiger partial charge in [0.2, 0.25) is 5.91 Å². The molecule has 0 saturated heterocycles. The zero-order valence-corrected chi connectivity index (χ0v) is 14.1. The number of nitrogen functional groups attached to an aromatic ring is 1. The van der Waals surface area contributed by atoms with Crippen LogP contribution in [0.15, 0.2) is 36.4 Å². The monoisotopic (exact) mass is 325 g/mol. The molecule has 0 atom stereocenters. The van der Waals surface area contributed by atoms with Crippen molar-refractivity contribution in [3.05, 3.63) is 47.5 Å². The van der Waals surface area contributed by atoms with E-state index in [2.05, 4.69) is 10.2 Å². The van der Waals surface area contributed by atoms with Crippen LogP contribution in [0.1, 0.15) is 17.5 Å². The number of nitrogens with zero attached hydrogens (tertiary/aromatic N) is 1. The molecule has 0 bridgehead atoms. The minimum absolute atomic E-state index is 0.0609. The van der Waals surface area contributed by atoms with Crippen LogP contribution in [-0.2, 0) is 11.2 Å². The lowest BCUT2D eigenvalue weighted by atomic mass is 10.00. The van der Waals surface area contributed by atoms with Gasteiger partial charge in [-0.15, -0.1) is 0 Å². The Kier molecular flexibility index (Phi) is 4.60. The lowest BCUT2D eigenvalue weighted by molar-refractivity contribution is -0.115. The fourth-order valence-corrected chi connectivity index (χ4v) is 3.17. The maximum absolute atomic E-state index is 12.5. The van der Waals surface area contributed by atoms with Gasteiger partial charge in [-0.05, 0) is 55.2 Å². The van der Waals surface area contributed by atoms with Gasteiger partial charge in [0, 0.05) is 17.9 Å². The summed E-state index contributed by atoms with van der Waals surface area (Å²) in [4.78, 5) is 14.6. The van der Waals surface area contributed by atoms with Crippen LogP contribution in [0.5, 0.6) is 5.75 Å². The van der Waals surface area contributed by atoms with Crippen molar-refractivity contribution in [2.75, 3.05) is 36.1 Å². The lowest BCUT2D eigenvalue weighted by Crippen LogP contribution is -2.37. The van der Waals surface area contributed by atoms with E-state index in [9.17, 15) is 4.79 Å². The number of fused-ring (bicyclic) bond motifs is 1. The average molecular weight is 325 g/mol. The van der Waals surface area contributed by atoms with E-state index < -0.39 is 0 Å². The van der Waals surface area contributed by atoms with E-state index in [1.54, 1.807) is 7.11 Å². The molecule has 126 valence electrons. The molecule has 24 heavy (non-hydrogen) atoms. The number of ether oxygens (including phenoxy) is 1. The third-order valence-electron chi connectivity index (χ3n) is 4.35. The summed E-state index contributed by atoms with van der Waals surface area (Å²) in [5.41, 5.74) is 10.9. The molecule has 5 nitrogen and oxygen atoms in total. The van der Waals surface area contributed by atoms with Crippen LogP contribution in [0.2, 0.25) is 0 Å². The third kappa shape index (κ3) is 3.30. The second-order valence-corrected chi connectivity index (χ2v) is 6.12. The van der Waals surface area contributed by atoms with Crippen molar-refractivity contribution < 1.29 is 9.53 Å². The van der Waals surface area contributed by atoms with Gasteiger partial charge in [-0.3, -0.25) is 4.79 Å². The number of amides is 1. The molecule has 0 radical (unpaired) electrons. The molecule has 3 rings (SSSR count). The minimum Gasteiger partial charge on any atom is -0.495 e. The molecule has 2 aromatic carbocycles. The number of hydrogen-bond acceptors (Lipinski definition) is 4. The van der Waals surface area contributed by atoms with E-state index in [4.69, 9.17) is 10.5 Å². The van der Waals surface area contributed by atoms with E-state index in [1.165, 1.54) is 0 Å². The summed E-state index contributed by atoms with van der Waals surface area (Å²) in [5.74, 6) is 0.603. The zero-order chi connectivity index (χ0) is 17.1. The number of carbonyl (C=O) groups is 1. The highest BCUT2D eigenvalue weighted by molar-refractivity contribution is 5.95. The highest BCUT2D eigenvalue weighted by Gasteiger charge is 2.21. The molecule has 1 amide bonds. The van der Waals surface area contributed by atoms with E-state index in [-0.39, 0.29) is 5.91 Å². The first-order valence-electron chi connectivity index (χ1n) is 8.15. The summed E-state index contributed by atoms with van der Waals surface area (Å²) in [6, 6.07) is 11.6. The number of anilines is 3. The van der Waals surface area contributed by atoms with Crippen molar-refractivity contribution >= 4 is 23.0 Å². The molecule has 0 spiro atoms. The van der Waals surface area contributed by atoms with Gasteiger partial charge in [-0.25, -0.2) is 0 Å². The molecule has 0 saturated carbocycles. The van der Waals surface area contributed by atoms with Crippen LogP contribution < -0.4 is 20.7 Å². The molecule has 3 N–H and O–H groups in total. The van der Waals surface area contributed by atoms with Crippen molar-refractivity contribution in [3.8, 4) is 5.75 Å². The highest BCUT2D eigenvalue weighted by atomic mass is 16.5. The molecule has 0 fully saturated rings. The second kappa shape index (κ2) is 6.83. The predicted molar refractivity (Wildman–Crippen MR) is 97.7 cm³/mol. The van der Waals surface area contributed by atoms with Gasteiger partial charge in [0.25, 0.3) is 0 Å². The summed E-state index contributed by atoms with van der Waals surface area (Å²) in [5, 5.41) is 2.96. The van der Waals surface area contributed by atoms with Crippen LogP contribution >= 0.6 is 0 Å². The molecular formula is C19H23N3O2. The number of carbonyl (C=O) groups excluding carboxylic acids is 1. The van der Waals surface area contributed by atoms with Crippen LogP contribution in [0.25, 0.3) is 0 Å². The summed E-state index contributed by atoms with van der Waals surface area (Å²) >= 11 is 0. The average Bonchev–Trinajstić information content (AvgIpc) is 2.56. The summed E-state index contributed by atoms with van der Waals surface area (Å²) in [6.45, 7) is 3.14. The third-order valence-corrected chi connectivity index (χ3v) is 4.35. The Bertz CT molecular complexity index is 758. The number of methoxy groups -OCH3 is 1. The fourth-order valence-electron chi connectivity index (χ4n) is 3.17. The minimum atomic E-state index is -0.0609. The SMILES string of the molecule is COc1ccc(C)cc1NC(=O)CN1CCCc2c(N)cccc21. The summed E-state index contributed by atoms with van der Waals surface area (Å²) in [7, 11) is 1.60. The Morgan fingerprint density at radius 1 is 1.33 bits per heavy atom. The number of nitrogens with two attached hydrogens (primary N) is 1.